The maximum atomic E-state index is 11.1. The summed E-state index contributed by atoms with van der Waals surface area (Å²) < 4.78 is 4.83. The molecular formula is C12H22O3. The predicted octanol–water partition coefficient (Wildman–Crippen LogP) is 2.27. The molecule has 15 heavy (non-hydrogen) atoms. The molecule has 0 aliphatic heterocycles. The number of carbonyl (C=O) groups is 1. The average Bonchev–Trinajstić information content (AvgIpc) is 2.10. The van der Waals surface area contributed by atoms with Gasteiger partial charge in [0, 0.05) is 6.42 Å². The van der Waals surface area contributed by atoms with Crippen LogP contribution in [-0.2, 0) is 9.53 Å². The van der Waals surface area contributed by atoms with Crippen molar-refractivity contribution in [1.29, 1.82) is 0 Å². The molecule has 1 fully saturated rings. The quantitative estimate of drug-likeness (QED) is 0.690. The maximum absolute atomic E-state index is 11.1. The number of ether oxygens (including phenoxy) is 1. The highest BCUT2D eigenvalue weighted by Crippen LogP contribution is 2.35. The van der Waals surface area contributed by atoms with Crippen molar-refractivity contribution in [3.8, 4) is 0 Å². The van der Waals surface area contributed by atoms with Crippen molar-refractivity contribution in [2.75, 3.05) is 6.61 Å². The lowest BCUT2D eigenvalue weighted by molar-refractivity contribution is -0.144. The van der Waals surface area contributed by atoms with Gasteiger partial charge in [-0.05, 0) is 32.6 Å². The summed E-state index contributed by atoms with van der Waals surface area (Å²) in [7, 11) is 0. The van der Waals surface area contributed by atoms with Crippen molar-refractivity contribution in [3.05, 3.63) is 0 Å². The van der Waals surface area contributed by atoms with E-state index in [2.05, 4.69) is 0 Å². The first-order valence-electron chi connectivity index (χ1n) is 5.91. The molecule has 1 unspecified atom stereocenters. The lowest BCUT2D eigenvalue weighted by Crippen LogP contribution is -2.31. The van der Waals surface area contributed by atoms with Crippen LogP contribution in [0.5, 0.6) is 0 Å². The van der Waals surface area contributed by atoms with E-state index in [0.29, 0.717) is 25.4 Å². The SMILES string of the molecule is CCOC(=O)CCC(C)(O)CC1CCC1. The Kier molecular flexibility index (Phi) is 4.58. The molecule has 0 heterocycles. The third-order valence-corrected chi connectivity index (χ3v) is 3.13. The molecule has 3 heteroatoms. The van der Waals surface area contributed by atoms with Crippen molar-refractivity contribution >= 4 is 5.97 Å². The number of aliphatic hydroxyl groups is 1. The zero-order chi connectivity index (χ0) is 11.3. The molecule has 0 amide bonds. The van der Waals surface area contributed by atoms with Gasteiger partial charge in [0.25, 0.3) is 0 Å². The van der Waals surface area contributed by atoms with E-state index in [1.165, 1.54) is 19.3 Å². The fourth-order valence-electron chi connectivity index (χ4n) is 2.03. The highest BCUT2D eigenvalue weighted by Gasteiger charge is 2.29. The second kappa shape index (κ2) is 5.50. The molecule has 88 valence electrons. The standard InChI is InChI=1S/C12H22O3/c1-3-15-11(13)7-8-12(2,14)9-10-5-4-6-10/h10,14H,3-9H2,1-2H3. The molecule has 1 rings (SSSR count). The van der Waals surface area contributed by atoms with E-state index in [0.717, 1.165) is 6.42 Å². The number of rotatable bonds is 6. The first kappa shape index (κ1) is 12.5. The smallest absolute Gasteiger partial charge is 0.305 e. The Balaban J connectivity index is 2.19. The Labute approximate surface area is 91.8 Å². The van der Waals surface area contributed by atoms with Crippen molar-refractivity contribution in [2.24, 2.45) is 5.92 Å². The lowest BCUT2D eigenvalue weighted by Gasteiger charge is -2.33. The molecular weight excluding hydrogens is 192 g/mol. The van der Waals surface area contributed by atoms with Crippen LogP contribution in [0.2, 0.25) is 0 Å². The highest BCUT2D eigenvalue weighted by molar-refractivity contribution is 5.69. The van der Waals surface area contributed by atoms with Crippen LogP contribution in [0.3, 0.4) is 0 Å². The van der Waals surface area contributed by atoms with Gasteiger partial charge in [-0.25, -0.2) is 0 Å². The molecule has 0 aromatic carbocycles. The molecule has 1 atom stereocenters. The van der Waals surface area contributed by atoms with E-state index < -0.39 is 5.60 Å². The molecule has 0 aromatic heterocycles. The minimum atomic E-state index is -0.697. The van der Waals surface area contributed by atoms with Crippen LogP contribution in [-0.4, -0.2) is 23.3 Å². The third kappa shape index (κ3) is 4.65. The zero-order valence-electron chi connectivity index (χ0n) is 9.79. The fraction of sp³-hybridized carbons (Fsp3) is 0.917. The molecule has 0 aromatic rings. The van der Waals surface area contributed by atoms with Crippen molar-refractivity contribution < 1.29 is 14.6 Å². The Bertz CT molecular complexity index is 207. The average molecular weight is 214 g/mol. The molecule has 1 aliphatic carbocycles. The van der Waals surface area contributed by atoms with Crippen LogP contribution in [0.1, 0.15) is 52.4 Å². The van der Waals surface area contributed by atoms with Crippen LogP contribution < -0.4 is 0 Å². The van der Waals surface area contributed by atoms with Gasteiger partial charge in [-0.1, -0.05) is 19.3 Å². The molecule has 0 bridgehead atoms. The van der Waals surface area contributed by atoms with Crippen LogP contribution in [0.25, 0.3) is 0 Å². The second-order valence-corrected chi connectivity index (χ2v) is 4.80. The van der Waals surface area contributed by atoms with Gasteiger partial charge in [-0.15, -0.1) is 0 Å². The van der Waals surface area contributed by atoms with Crippen molar-refractivity contribution in [3.63, 3.8) is 0 Å². The summed E-state index contributed by atoms with van der Waals surface area (Å²) in [4.78, 5) is 11.1. The van der Waals surface area contributed by atoms with Crippen molar-refractivity contribution in [2.45, 2.75) is 58.0 Å². The highest BCUT2D eigenvalue weighted by atomic mass is 16.5. The Hall–Kier alpha value is -0.570. The first-order chi connectivity index (χ1) is 7.03. The molecule has 1 saturated carbocycles. The predicted molar refractivity (Wildman–Crippen MR) is 58.4 cm³/mol. The van der Waals surface area contributed by atoms with Gasteiger partial charge >= 0.3 is 5.97 Å². The van der Waals surface area contributed by atoms with Crippen molar-refractivity contribution in [1.82, 2.24) is 0 Å². The summed E-state index contributed by atoms with van der Waals surface area (Å²) >= 11 is 0. The fourth-order valence-corrected chi connectivity index (χ4v) is 2.03. The van der Waals surface area contributed by atoms with Gasteiger partial charge in [-0.2, -0.15) is 0 Å². The van der Waals surface area contributed by atoms with E-state index >= 15 is 0 Å². The molecule has 0 saturated heterocycles. The monoisotopic (exact) mass is 214 g/mol. The summed E-state index contributed by atoms with van der Waals surface area (Å²) in [5, 5.41) is 10.1. The van der Waals surface area contributed by atoms with E-state index in [-0.39, 0.29) is 5.97 Å². The number of hydrogen-bond acceptors (Lipinski definition) is 3. The summed E-state index contributed by atoms with van der Waals surface area (Å²) in [6.45, 7) is 4.04. The topological polar surface area (TPSA) is 46.5 Å². The Morgan fingerprint density at radius 3 is 2.67 bits per heavy atom. The van der Waals surface area contributed by atoms with Gasteiger partial charge in [0.05, 0.1) is 12.2 Å². The summed E-state index contributed by atoms with van der Waals surface area (Å²) in [5.41, 5.74) is -0.697. The van der Waals surface area contributed by atoms with Gasteiger partial charge in [-0.3, -0.25) is 4.79 Å². The molecule has 0 radical (unpaired) electrons. The van der Waals surface area contributed by atoms with Gasteiger partial charge in [0.1, 0.15) is 0 Å². The van der Waals surface area contributed by atoms with Crippen LogP contribution in [0.4, 0.5) is 0 Å². The largest absolute Gasteiger partial charge is 0.466 e. The maximum Gasteiger partial charge on any atom is 0.305 e. The molecule has 1 N–H and O–H groups in total. The molecule has 0 spiro atoms. The molecule has 3 nitrogen and oxygen atoms in total. The number of hydrogen-bond donors (Lipinski definition) is 1. The summed E-state index contributed by atoms with van der Waals surface area (Å²) in [5.74, 6) is 0.466. The van der Waals surface area contributed by atoms with E-state index in [9.17, 15) is 9.90 Å². The Morgan fingerprint density at radius 1 is 1.53 bits per heavy atom. The van der Waals surface area contributed by atoms with Crippen LogP contribution in [0.15, 0.2) is 0 Å². The van der Waals surface area contributed by atoms with E-state index in [4.69, 9.17) is 4.74 Å². The lowest BCUT2D eigenvalue weighted by atomic mass is 9.76. The Morgan fingerprint density at radius 2 is 2.20 bits per heavy atom. The zero-order valence-corrected chi connectivity index (χ0v) is 9.79. The second-order valence-electron chi connectivity index (χ2n) is 4.80. The molecule has 1 aliphatic rings. The minimum absolute atomic E-state index is 0.202. The normalized spacial score (nSPS) is 20.5. The number of esters is 1. The van der Waals surface area contributed by atoms with Gasteiger partial charge < -0.3 is 9.84 Å². The number of carbonyl (C=O) groups excluding carboxylic acids is 1. The first-order valence-corrected chi connectivity index (χ1v) is 5.91. The van der Waals surface area contributed by atoms with E-state index in [1.54, 1.807) is 6.92 Å². The van der Waals surface area contributed by atoms with E-state index in [1.807, 2.05) is 6.92 Å². The third-order valence-electron chi connectivity index (χ3n) is 3.13. The summed E-state index contributed by atoms with van der Waals surface area (Å²) in [6, 6.07) is 0. The van der Waals surface area contributed by atoms with Crippen LogP contribution in [0, 0.1) is 5.92 Å². The minimum Gasteiger partial charge on any atom is -0.466 e. The van der Waals surface area contributed by atoms with Gasteiger partial charge in [0.15, 0.2) is 0 Å². The van der Waals surface area contributed by atoms with Crippen LogP contribution >= 0.6 is 0 Å². The summed E-state index contributed by atoms with van der Waals surface area (Å²) in [6.07, 6.45) is 5.42. The van der Waals surface area contributed by atoms with Gasteiger partial charge in [0.2, 0.25) is 0 Å².